The molecule has 0 saturated heterocycles. The zero-order chi connectivity index (χ0) is 14.6. The summed E-state index contributed by atoms with van der Waals surface area (Å²) in [5.41, 5.74) is 7.41. The monoisotopic (exact) mass is 289 g/mol. The van der Waals surface area contributed by atoms with E-state index in [2.05, 4.69) is 15.1 Å². The first kappa shape index (κ1) is 15.8. The van der Waals surface area contributed by atoms with Gasteiger partial charge < -0.3 is 11.1 Å². The Bertz CT molecular complexity index is 521. The highest BCUT2D eigenvalue weighted by atomic mass is 32.2. The number of aromatic nitrogens is 2. The van der Waals surface area contributed by atoms with Crippen LogP contribution in [0.5, 0.6) is 0 Å². The third-order valence-corrected chi connectivity index (χ3v) is 3.36. The van der Waals surface area contributed by atoms with Crippen LogP contribution in [0.2, 0.25) is 0 Å². The van der Waals surface area contributed by atoms with Gasteiger partial charge in [0.15, 0.2) is 0 Å². The zero-order valence-electron chi connectivity index (χ0n) is 11.9. The third-order valence-electron chi connectivity index (χ3n) is 2.63. The van der Waals surface area contributed by atoms with Crippen molar-refractivity contribution in [3.05, 3.63) is 5.69 Å². The maximum atomic E-state index is 10.9. The van der Waals surface area contributed by atoms with Gasteiger partial charge in [0.1, 0.15) is 5.82 Å². The minimum atomic E-state index is -3.11. The number of sulfonamides is 1. The predicted octanol–water partition coefficient (Wildman–Crippen LogP) is 0.706. The number of aryl methyl sites for hydroxylation is 1. The molecule has 0 aliphatic carbocycles. The number of nitrogens with one attached hydrogen (secondary N) is 2. The smallest absolute Gasteiger partial charge is 0.208 e. The highest BCUT2D eigenvalue weighted by Gasteiger charge is 2.13. The molecule has 1 rings (SSSR count). The van der Waals surface area contributed by atoms with E-state index in [1.54, 1.807) is 0 Å². The summed E-state index contributed by atoms with van der Waals surface area (Å²) in [6, 6.07) is 0.215. The molecule has 0 saturated carbocycles. The van der Waals surface area contributed by atoms with Crippen LogP contribution in [0, 0.1) is 6.92 Å². The Hall–Kier alpha value is -1.28. The van der Waals surface area contributed by atoms with Gasteiger partial charge in [-0.2, -0.15) is 5.10 Å². The van der Waals surface area contributed by atoms with Crippen LogP contribution in [0.1, 0.15) is 32.0 Å². The van der Waals surface area contributed by atoms with E-state index in [1.807, 2.05) is 25.5 Å². The van der Waals surface area contributed by atoms with E-state index in [0.29, 0.717) is 25.2 Å². The maximum Gasteiger partial charge on any atom is 0.208 e. The molecule has 0 aliphatic rings. The second-order valence-electron chi connectivity index (χ2n) is 4.83. The lowest BCUT2D eigenvalue weighted by Gasteiger charge is -2.13. The highest BCUT2D eigenvalue weighted by molar-refractivity contribution is 7.88. The van der Waals surface area contributed by atoms with Crippen molar-refractivity contribution in [1.82, 2.24) is 14.5 Å². The van der Waals surface area contributed by atoms with Gasteiger partial charge in [-0.1, -0.05) is 0 Å². The van der Waals surface area contributed by atoms with Crippen molar-refractivity contribution in [3.63, 3.8) is 0 Å². The number of nitrogens with zero attached hydrogens (tertiary/aromatic N) is 2. The van der Waals surface area contributed by atoms with Gasteiger partial charge in [0, 0.05) is 19.1 Å². The van der Waals surface area contributed by atoms with Gasteiger partial charge in [0.25, 0.3) is 0 Å². The molecule has 0 amide bonds. The second kappa shape index (κ2) is 6.25. The molecule has 0 aliphatic heterocycles. The first-order valence-corrected chi connectivity index (χ1v) is 8.14. The summed E-state index contributed by atoms with van der Waals surface area (Å²) < 4.78 is 26.1. The van der Waals surface area contributed by atoms with Crippen molar-refractivity contribution in [2.75, 3.05) is 30.4 Å². The summed E-state index contributed by atoms with van der Waals surface area (Å²) in [4.78, 5) is 0. The Morgan fingerprint density at radius 2 is 2.00 bits per heavy atom. The molecule has 0 spiro atoms. The molecular formula is C11H23N5O2S. The lowest BCUT2D eigenvalue weighted by Crippen LogP contribution is -2.24. The van der Waals surface area contributed by atoms with E-state index in [1.165, 1.54) is 0 Å². The van der Waals surface area contributed by atoms with E-state index in [0.717, 1.165) is 17.8 Å². The molecule has 4 N–H and O–H groups in total. The summed E-state index contributed by atoms with van der Waals surface area (Å²) >= 11 is 0. The average molecular weight is 289 g/mol. The lowest BCUT2D eigenvalue weighted by atomic mass is 10.3. The largest absolute Gasteiger partial charge is 0.394 e. The van der Waals surface area contributed by atoms with E-state index in [4.69, 9.17) is 5.73 Å². The number of anilines is 2. The van der Waals surface area contributed by atoms with Gasteiger partial charge in [-0.15, -0.1) is 0 Å². The Morgan fingerprint density at radius 3 is 2.53 bits per heavy atom. The molecule has 0 fully saturated rings. The summed E-state index contributed by atoms with van der Waals surface area (Å²) in [6.45, 7) is 6.96. The topological polar surface area (TPSA) is 102 Å². The summed E-state index contributed by atoms with van der Waals surface area (Å²) in [7, 11) is -3.11. The van der Waals surface area contributed by atoms with Crippen molar-refractivity contribution in [1.29, 1.82) is 0 Å². The fraction of sp³-hybridized carbons (Fsp3) is 0.727. The Kier molecular flexibility index (Phi) is 5.19. The van der Waals surface area contributed by atoms with Crippen LogP contribution in [0.4, 0.5) is 11.5 Å². The van der Waals surface area contributed by atoms with Crippen molar-refractivity contribution < 1.29 is 8.42 Å². The van der Waals surface area contributed by atoms with E-state index in [9.17, 15) is 8.42 Å². The standard InChI is InChI=1S/C11H23N5O2S/c1-8(2)16-11(10(12)9(3)15-16)13-6-5-7-14-19(4,17)18/h8,13-14H,5-7,12H2,1-4H3. The molecule has 0 bridgehead atoms. The van der Waals surface area contributed by atoms with Crippen LogP contribution in [-0.4, -0.2) is 37.5 Å². The molecule has 110 valence electrons. The lowest BCUT2D eigenvalue weighted by molar-refractivity contribution is 0.534. The van der Waals surface area contributed by atoms with Crippen LogP contribution < -0.4 is 15.8 Å². The molecule has 7 nitrogen and oxygen atoms in total. The van der Waals surface area contributed by atoms with Crippen LogP contribution in [0.15, 0.2) is 0 Å². The summed E-state index contributed by atoms with van der Waals surface area (Å²) in [5.74, 6) is 0.798. The fourth-order valence-corrected chi connectivity index (χ4v) is 2.18. The number of hydrogen-bond donors (Lipinski definition) is 3. The zero-order valence-corrected chi connectivity index (χ0v) is 12.7. The summed E-state index contributed by atoms with van der Waals surface area (Å²) in [6.07, 6.45) is 1.82. The van der Waals surface area contributed by atoms with Crippen molar-refractivity contribution in [2.45, 2.75) is 33.2 Å². The molecule has 0 atom stereocenters. The SMILES string of the molecule is Cc1nn(C(C)C)c(NCCCNS(C)(=O)=O)c1N. The quantitative estimate of drug-likeness (QED) is 0.641. The van der Waals surface area contributed by atoms with Gasteiger partial charge in [0.05, 0.1) is 17.6 Å². The minimum absolute atomic E-state index is 0.215. The number of hydrogen-bond acceptors (Lipinski definition) is 5. The van der Waals surface area contributed by atoms with Crippen LogP contribution in [0.3, 0.4) is 0 Å². The van der Waals surface area contributed by atoms with Crippen LogP contribution in [-0.2, 0) is 10.0 Å². The van der Waals surface area contributed by atoms with Gasteiger partial charge in [0.2, 0.25) is 10.0 Å². The number of rotatable bonds is 7. The molecule has 0 aromatic carbocycles. The highest BCUT2D eigenvalue weighted by Crippen LogP contribution is 2.25. The molecule has 1 aromatic rings. The molecule has 8 heteroatoms. The third kappa shape index (κ3) is 4.71. The molecule has 1 aromatic heterocycles. The molecule has 19 heavy (non-hydrogen) atoms. The first-order valence-electron chi connectivity index (χ1n) is 6.25. The molecule has 0 unspecified atom stereocenters. The van der Waals surface area contributed by atoms with Crippen molar-refractivity contribution >= 4 is 21.5 Å². The fourth-order valence-electron chi connectivity index (χ4n) is 1.66. The molecule has 1 heterocycles. The normalized spacial score (nSPS) is 12.1. The number of nitrogens with two attached hydrogens (primary N) is 1. The van der Waals surface area contributed by atoms with Gasteiger partial charge in [-0.05, 0) is 27.2 Å². The van der Waals surface area contributed by atoms with Gasteiger partial charge >= 0.3 is 0 Å². The van der Waals surface area contributed by atoms with Crippen molar-refractivity contribution in [2.24, 2.45) is 0 Å². The Labute approximate surface area is 114 Å². The van der Waals surface area contributed by atoms with E-state index in [-0.39, 0.29) is 6.04 Å². The van der Waals surface area contributed by atoms with Gasteiger partial charge in [-0.25, -0.2) is 17.8 Å². The maximum absolute atomic E-state index is 10.9. The Balaban J connectivity index is 2.54. The first-order chi connectivity index (χ1) is 8.72. The van der Waals surface area contributed by atoms with Crippen molar-refractivity contribution in [3.8, 4) is 0 Å². The second-order valence-corrected chi connectivity index (χ2v) is 6.67. The van der Waals surface area contributed by atoms with Crippen LogP contribution in [0.25, 0.3) is 0 Å². The van der Waals surface area contributed by atoms with Crippen LogP contribution >= 0.6 is 0 Å². The molecular weight excluding hydrogens is 266 g/mol. The Morgan fingerprint density at radius 1 is 1.37 bits per heavy atom. The number of nitrogen functional groups attached to an aromatic ring is 1. The van der Waals surface area contributed by atoms with E-state index < -0.39 is 10.0 Å². The molecule has 0 radical (unpaired) electrons. The van der Waals surface area contributed by atoms with E-state index >= 15 is 0 Å². The summed E-state index contributed by atoms with van der Waals surface area (Å²) in [5, 5.41) is 7.58. The van der Waals surface area contributed by atoms with Gasteiger partial charge in [-0.3, -0.25) is 0 Å². The average Bonchev–Trinajstić information content (AvgIpc) is 2.55. The minimum Gasteiger partial charge on any atom is -0.394 e. The predicted molar refractivity (Wildman–Crippen MR) is 77.7 cm³/mol.